The fourth-order valence-electron chi connectivity index (χ4n) is 3.13. The van der Waals surface area contributed by atoms with Gasteiger partial charge in [0.1, 0.15) is 5.75 Å². The van der Waals surface area contributed by atoms with E-state index in [0.29, 0.717) is 6.04 Å². The lowest BCUT2D eigenvalue weighted by molar-refractivity contribution is 0.198. The largest absolute Gasteiger partial charge is 0.496 e. The summed E-state index contributed by atoms with van der Waals surface area (Å²) in [5, 5.41) is 0. The maximum atomic E-state index is 5.55. The number of hydrogen-bond acceptors (Lipinski definition) is 2. The van der Waals surface area contributed by atoms with Crippen LogP contribution in [0.15, 0.2) is 28.4 Å². The van der Waals surface area contributed by atoms with E-state index in [0.717, 1.165) is 18.7 Å². The molecule has 0 saturated heterocycles. The highest BCUT2D eigenvalue weighted by Crippen LogP contribution is 2.31. The van der Waals surface area contributed by atoms with Gasteiger partial charge in [-0.3, -0.25) is 4.90 Å². The highest BCUT2D eigenvalue weighted by atomic mass is 127. The van der Waals surface area contributed by atoms with Crippen LogP contribution in [0.3, 0.4) is 0 Å². The zero-order valence-corrected chi connectivity index (χ0v) is 14.6. The third-order valence-corrected chi connectivity index (χ3v) is 4.60. The van der Waals surface area contributed by atoms with Crippen molar-refractivity contribution in [2.45, 2.75) is 38.6 Å². The number of halogens is 1. The van der Waals surface area contributed by atoms with Gasteiger partial charge in [0.2, 0.25) is 0 Å². The Balaban J connectivity index is 2.15. The second kappa shape index (κ2) is 8.03. The van der Waals surface area contributed by atoms with Gasteiger partial charge in [-0.1, -0.05) is 47.7 Å². The minimum absolute atomic E-state index is 0.645. The SMILES string of the molecule is CCCN(C/C=C/I)C1CCc2cccc(OC)c2C1. The van der Waals surface area contributed by atoms with E-state index in [4.69, 9.17) is 4.74 Å². The predicted molar refractivity (Wildman–Crippen MR) is 93.8 cm³/mol. The molecule has 1 aliphatic carbocycles. The number of aryl methyl sites for hydroxylation is 1. The van der Waals surface area contributed by atoms with E-state index < -0.39 is 0 Å². The highest BCUT2D eigenvalue weighted by molar-refractivity contribution is 14.1. The lowest BCUT2D eigenvalue weighted by Crippen LogP contribution is -2.40. The molecule has 1 unspecified atom stereocenters. The van der Waals surface area contributed by atoms with Crippen LogP contribution in [0.5, 0.6) is 5.75 Å². The zero-order valence-electron chi connectivity index (χ0n) is 12.4. The highest BCUT2D eigenvalue weighted by Gasteiger charge is 2.25. The molecule has 1 aromatic carbocycles. The molecule has 0 heterocycles. The van der Waals surface area contributed by atoms with E-state index in [2.05, 4.69) is 62.8 Å². The third-order valence-electron chi connectivity index (χ3n) is 4.09. The number of benzene rings is 1. The molecule has 20 heavy (non-hydrogen) atoms. The van der Waals surface area contributed by atoms with Crippen LogP contribution >= 0.6 is 22.6 Å². The molecule has 1 aromatic rings. The summed E-state index contributed by atoms with van der Waals surface area (Å²) in [5.41, 5.74) is 2.90. The van der Waals surface area contributed by atoms with Gasteiger partial charge < -0.3 is 4.74 Å². The van der Waals surface area contributed by atoms with E-state index >= 15 is 0 Å². The fraction of sp³-hybridized carbons (Fsp3) is 0.529. The summed E-state index contributed by atoms with van der Waals surface area (Å²) in [7, 11) is 1.78. The molecule has 2 nitrogen and oxygen atoms in total. The third kappa shape index (κ3) is 3.76. The number of nitrogens with zero attached hydrogens (tertiary/aromatic N) is 1. The van der Waals surface area contributed by atoms with Crippen molar-refractivity contribution in [1.82, 2.24) is 4.90 Å². The molecule has 0 amide bonds. The quantitative estimate of drug-likeness (QED) is 0.681. The average molecular weight is 385 g/mol. The molecule has 1 atom stereocenters. The van der Waals surface area contributed by atoms with Crippen molar-refractivity contribution in [3.8, 4) is 5.75 Å². The van der Waals surface area contributed by atoms with Gasteiger partial charge in [-0.05, 0) is 53.5 Å². The first kappa shape index (κ1) is 15.8. The lowest BCUT2D eigenvalue weighted by atomic mass is 9.86. The number of methoxy groups -OCH3 is 1. The molecule has 2 rings (SSSR count). The molecule has 0 radical (unpaired) electrons. The average Bonchev–Trinajstić information content (AvgIpc) is 2.50. The number of hydrogen-bond donors (Lipinski definition) is 0. The van der Waals surface area contributed by atoms with E-state index in [9.17, 15) is 0 Å². The van der Waals surface area contributed by atoms with Gasteiger partial charge >= 0.3 is 0 Å². The van der Waals surface area contributed by atoms with Crippen LogP contribution in [0.1, 0.15) is 30.9 Å². The number of ether oxygens (including phenoxy) is 1. The van der Waals surface area contributed by atoms with E-state index in [1.807, 2.05) is 0 Å². The minimum atomic E-state index is 0.645. The molecular formula is C17H24INO. The number of rotatable bonds is 6. The van der Waals surface area contributed by atoms with Gasteiger partial charge in [-0.2, -0.15) is 0 Å². The van der Waals surface area contributed by atoms with Crippen molar-refractivity contribution < 1.29 is 4.74 Å². The lowest BCUT2D eigenvalue weighted by Gasteiger charge is -2.35. The van der Waals surface area contributed by atoms with Gasteiger partial charge in [0.15, 0.2) is 0 Å². The minimum Gasteiger partial charge on any atom is -0.496 e. The van der Waals surface area contributed by atoms with Crippen molar-refractivity contribution in [2.75, 3.05) is 20.2 Å². The summed E-state index contributed by atoms with van der Waals surface area (Å²) in [6, 6.07) is 7.10. The molecule has 0 aliphatic heterocycles. The Kier molecular flexibility index (Phi) is 6.36. The Hall–Kier alpha value is -0.550. The van der Waals surface area contributed by atoms with Gasteiger partial charge in [-0.25, -0.2) is 0 Å². The van der Waals surface area contributed by atoms with Crippen LogP contribution in [0.25, 0.3) is 0 Å². The van der Waals surface area contributed by atoms with Crippen molar-refractivity contribution in [2.24, 2.45) is 0 Å². The Morgan fingerprint density at radius 3 is 3.00 bits per heavy atom. The molecule has 0 N–H and O–H groups in total. The molecule has 0 saturated carbocycles. The normalized spacial score (nSPS) is 18.5. The van der Waals surface area contributed by atoms with Crippen molar-refractivity contribution in [3.05, 3.63) is 39.5 Å². The van der Waals surface area contributed by atoms with Gasteiger partial charge in [-0.15, -0.1) is 0 Å². The standard InChI is InChI=1S/C17H24INO/c1-3-11-19(12-5-10-18)15-9-8-14-6-4-7-17(20-2)16(14)13-15/h4-7,10,15H,3,8-9,11-13H2,1-2H3/b10-5+. The van der Waals surface area contributed by atoms with Gasteiger partial charge in [0.25, 0.3) is 0 Å². The second-order valence-electron chi connectivity index (χ2n) is 5.35. The van der Waals surface area contributed by atoms with Crippen LogP contribution < -0.4 is 4.74 Å². The van der Waals surface area contributed by atoms with Crippen molar-refractivity contribution >= 4 is 22.6 Å². The Labute approximate surface area is 136 Å². The summed E-state index contributed by atoms with van der Waals surface area (Å²) >= 11 is 2.30. The Morgan fingerprint density at radius 1 is 1.45 bits per heavy atom. The second-order valence-corrected chi connectivity index (χ2v) is 6.07. The van der Waals surface area contributed by atoms with Gasteiger partial charge in [0, 0.05) is 12.6 Å². The monoisotopic (exact) mass is 385 g/mol. The molecule has 0 bridgehead atoms. The molecule has 3 heteroatoms. The Morgan fingerprint density at radius 2 is 2.30 bits per heavy atom. The van der Waals surface area contributed by atoms with Gasteiger partial charge in [0.05, 0.1) is 7.11 Å². The van der Waals surface area contributed by atoms with Crippen LogP contribution in [-0.2, 0) is 12.8 Å². The van der Waals surface area contributed by atoms with Crippen LogP contribution in [0.2, 0.25) is 0 Å². The maximum absolute atomic E-state index is 5.55. The predicted octanol–water partition coefficient (Wildman–Crippen LogP) is 4.21. The smallest absolute Gasteiger partial charge is 0.122 e. The first-order valence-corrected chi connectivity index (χ1v) is 8.68. The van der Waals surface area contributed by atoms with E-state index in [-0.39, 0.29) is 0 Å². The Bertz CT molecular complexity index is 444. The van der Waals surface area contributed by atoms with Crippen LogP contribution in [-0.4, -0.2) is 31.1 Å². The van der Waals surface area contributed by atoms with Crippen molar-refractivity contribution in [3.63, 3.8) is 0 Å². The molecule has 0 spiro atoms. The van der Waals surface area contributed by atoms with Crippen LogP contribution in [0, 0.1) is 0 Å². The van der Waals surface area contributed by atoms with E-state index in [1.54, 1.807) is 7.11 Å². The summed E-state index contributed by atoms with van der Waals surface area (Å²) < 4.78 is 7.67. The summed E-state index contributed by atoms with van der Waals surface area (Å²) in [6.45, 7) is 4.50. The fourth-order valence-corrected chi connectivity index (χ4v) is 3.35. The molecular weight excluding hydrogens is 361 g/mol. The number of fused-ring (bicyclic) bond motifs is 1. The summed E-state index contributed by atoms with van der Waals surface area (Å²) in [6.07, 6.45) is 7.02. The zero-order chi connectivity index (χ0) is 14.4. The summed E-state index contributed by atoms with van der Waals surface area (Å²) in [5.74, 6) is 1.06. The van der Waals surface area contributed by atoms with Crippen molar-refractivity contribution in [1.29, 1.82) is 0 Å². The first-order chi connectivity index (χ1) is 9.80. The van der Waals surface area contributed by atoms with E-state index in [1.165, 1.54) is 36.9 Å². The maximum Gasteiger partial charge on any atom is 0.122 e. The topological polar surface area (TPSA) is 12.5 Å². The first-order valence-electron chi connectivity index (χ1n) is 7.44. The molecule has 1 aliphatic rings. The van der Waals surface area contributed by atoms with Crippen LogP contribution in [0.4, 0.5) is 0 Å². The summed E-state index contributed by atoms with van der Waals surface area (Å²) in [4.78, 5) is 2.62. The molecule has 110 valence electrons. The molecule has 0 fully saturated rings. The molecule has 0 aromatic heterocycles.